The molecule has 1 aromatic carbocycles. The first-order valence-corrected chi connectivity index (χ1v) is 7.60. The van der Waals surface area contributed by atoms with Crippen LogP contribution in [0.25, 0.3) is 0 Å². The average molecular weight is 296 g/mol. The number of hydrogen-bond donors (Lipinski definition) is 3. The molecule has 0 saturated heterocycles. The van der Waals surface area contributed by atoms with Crippen LogP contribution in [0.3, 0.4) is 0 Å². The molecule has 0 bridgehead atoms. The number of benzene rings is 1. The lowest BCUT2D eigenvalue weighted by molar-refractivity contribution is -0.143. The van der Waals surface area contributed by atoms with Crippen molar-refractivity contribution < 1.29 is 14.7 Å². The summed E-state index contributed by atoms with van der Waals surface area (Å²) in [5.41, 5.74) is -0.623. The van der Waals surface area contributed by atoms with Crippen molar-refractivity contribution in [2.24, 2.45) is 0 Å². The number of aliphatic carboxylic acids is 1. The first-order chi connectivity index (χ1) is 9.41. The van der Waals surface area contributed by atoms with Crippen LogP contribution in [0.4, 0.5) is 10.5 Å². The monoisotopic (exact) mass is 296 g/mol. The molecule has 5 nitrogen and oxygen atoms in total. The number of thioether (sulfide) groups is 1. The van der Waals surface area contributed by atoms with E-state index in [0.29, 0.717) is 18.5 Å². The number of carboxylic acid groups (broad SMARTS) is 1. The van der Waals surface area contributed by atoms with Crippen LogP contribution < -0.4 is 10.6 Å². The lowest BCUT2D eigenvalue weighted by atomic mass is 9.97. The Bertz CT molecular complexity index is 476. The first kappa shape index (κ1) is 16.4. The molecule has 0 aliphatic carbocycles. The molecule has 1 atom stereocenters. The van der Waals surface area contributed by atoms with Crippen LogP contribution >= 0.6 is 11.8 Å². The SMILES string of the molecule is CCCC(C)(NC(=O)Nc1ccc(SC)cc1)C(=O)O. The fourth-order valence-electron chi connectivity index (χ4n) is 1.81. The summed E-state index contributed by atoms with van der Waals surface area (Å²) in [5, 5.41) is 14.4. The minimum atomic E-state index is -1.25. The number of carbonyl (C=O) groups excluding carboxylic acids is 1. The highest BCUT2D eigenvalue weighted by Crippen LogP contribution is 2.18. The number of anilines is 1. The van der Waals surface area contributed by atoms with Gasteiger partial charge in [0.25, 0.3) is 0 Å². The topological polar surface area (TPSA) is 78.4 Å². The van der Waals surface area contributed by atoms with Crippen LogP contribution in [0.2, 0.25) is 0 Å². The molecular weight excluding hydrogens is 276 g/mol. The van der Waals surface area contributed by atoms with Crippen molar-refractivity contribution in [1.29, 1.82) is 0 Å². The summed E-state index contributed by atoms with van der Waals surface area (Å²) >= 11 is 1.61. The molecule has 0 aromatic heterocycles. The molecular formula is C14H20N2O3S. The molecule has 0 spiro atoms. The minimum absolute atomic E-state index is 0.376. The lowest BCUT2D eigenvalue weighted by Crippen LogP contribution is -2.53. The number of carbonyl (C=O) groups is 2. The van der Waals surface area contributed by atoms with Gasteiger partial charge in [0.15, 0.2) is 0 Å². The molecule has 0 aliphatic rings. The van der Waals surface area contributed by atoms with Gasteiger partial charge in [-0.25, -0.2) is 9.59 Å². The fraction of sp³-hybridized carbons (Fsp3) is 0.429. The molecule has 0 aliphatic heterocycles. The minimum Gasteiger partial charge on any atom is -0.480 e. The van der Waals surface area contributed by atoms with Gasteiger partial charge in [-0.15, -0.1) is 11.8 Å². The number of amides is 2. The Hall–Kier alpha value is -1.69. The van der Waals surface area contributed by atoms with E-state index in [1.807, 2.05) is 25.3 Å². The van der Waals surface area contributed by atoms with Crippen LogP contribution in [-0.4, -0.2) is 28.9 Å². The number of rotatable bonds is 6. The highest BCUT2D eigenvalue weighted by atomic mass is 32.2. The van der Waals surface area contributed by atoms with Crippen molar-refractivity contribution in [3.05, 3.63) is 24.3 Å². The highest BCUT2D eigenvalue weighted by molar-refractivity contribution is 7.98. The van der Waals surface area contributed by atoms with Crippen LogP contribution in [0.15, 0.2) is 29.2 Å². The summed E-state index contributed by atoms with van der Waals surface area (Å²) in [4.78, 5) is 24.2. The number of nitrogens with one attached hydrogen (secondary N) is 2. The highest BCUT2D eigenvalue weighted by Gasteiger charge is 2.33. The summed E-state index contributed by atoms with van der Waals surface area (Å²) < 4.78 is 0. The van der Waals surface area contributed by atoms with E-state index >= 15 is 0 Å². The largest absolute Gasteiger partial charge is 0.480 e. The van der Waals surface area contributed by atoms with Gasteiger partial charge in [-0.3, -0.25) is 0 Å². The predicted octanol–water partition coefficient (Wildman–Crippen LogP) is 3.17. The Morgan fingerprint density at radius 2 is 1.90 bits per heavy atom. The smallest absolute Gasteiger partial charge is 0.329 e. The van der Waals surface area contributed by atoms with E-state index < -0.39 is 17.5 Å². The van der Waals surface area contributed by atoms with Gasteiger partial charge in [-0.1, -0.05) is 13.3 Å². The van der Waals surface area contributed by atoms with Gasteiger partial charge < -0.3 is 15.7 Å². The molecule has 1 unspecified atom stereocenters. The summed E-state index contributed by atoms with van der Waals surface area (Å²) in [6.07, 6.45) is 3.02. The standard InChI is InChI=1S/C14H20N2O3S/c1-4-9-14(2,12(17)18)16-13(19)15-10-5-7-11(20-3)8-6-10/h5-8H,4,9H2,1-3H3,(H,17,18)(H2,15,16,19). The third-order valence-electron chi connectivity index (χ3n) is 2.96. The van der Waals surface area contributed by atoms with Crippen molar-refractivity contribution in [2.75, 3.05) is 11.6 Å². The van der Waals surface area contributed by atoms with E-state index in [1.54, 1.807) is 23.9 Å². The second-order valence-electron chi connectivity index (χ2n) is 4.69. The molecule has 0 radical (unpaired) electrons. The Balaban J connectivity index is 2.67. The maximum atomic E-state index is 11.9. The maximum Gasteiger partial charge on any atom is 0.329 e. The third-order valence-corrected chi connectivity index (χ3v) is 3.70. The summed E-state index contributed by atoms with van der Waals surface area (Å²) in [7, 11) is 0. The zero-order valence-corrected chi connectivity index (χ0v) is 12.7. The summed E-state index contributed by atoms with van der Waals surface area (Å²) in [6.45, 7) is 3.39. The van der Waals surface area contributed by atoms with Crippen LogP contribution in [0.5, 0.6) is 0 Å². The average Bonchev–Trinajstić information content (AvgIpc) is 2.39. The van der Waals surface area contributed by atoms with Gasteiger partial charge in [0.1, 0.15) is 5.54 Å². The molecule has 20 heavy (non-hydrogen) atoms. The first-order valence-electron chi connectivity index (χ1n) is 6.38. The van der Waals surface area contributed by atoms with Gasteiger partial charge in [-0.05, 0) is 43.9 Å². The molecule has 0 heterocycles. The Labute approximate surface area is 123 Å². The molecule has 6 heteroatoms. The van der Waals surface area contributed by atoms with Gasteiger partial charge >= 0.3 is 12.0 Å². The van der Waals surface area contributed by atoms with Gasteiger partial charge in [0, 0.05) is 10.6 Å². The molecule has 0 fully saturated rings. The molecule has 3 N–H and O–H groups in total. The quantitative estimate of drug-likeness (QED) is 0.705. The number of hydrogen-bond acceptors (Lipinski definition) is 3. The zero-order chi connectivity index (χ0) is 15.2. The fourth-order valence-corrected chi connectivity index (χ4v) is 2.22. The third kappa shape index (κ3) is 4.45. The predicted molar refractivity (Wildman–Crippen MR) is 81.3 cm³/mol. The van der Waals surface area contributed by atoms with E-state index in [-0.39, 0.29) is 0 Å². The molecule has 110 valence electrons. The van der Waals surface area contributed by atoms with Gasteiger partial charge in [0.2, 0.25) is 0 Å². The second kappa shape index (κ2) is 7.19. The Morgan fingerprint density at radius 3 is 2.35 bits per heavy atom. The summed E-state index contributed by atoms with van der Waals surface area (Å²) in [5.74, 6) is -1.03. The van der Waals surface area contributed by atoms with E-state index in [1.165, 1.54) is 6.92 Å². The van der Waals surface area contributed by atoms with Crippen LogP contribution in [0.1, 0.15) is 26.7 Å². The van der Waals surface area contributed by atoms with Crippen LogP contribution in [0, 0.1) is 0 Å². The Kier molecular flexibility index (Phi) is 5.88. The van der Waals surface area contributed by atoms with Gasteiger partial charge in [0.05, 0.1) is 0 Å². The molecule has 1 aromatic rings. The van der Waals surface area contributed by atoms with E-state index in [9.17, 15) is 14.7 Å². The van der Waals surface area contributed by atoms with Crippen molar-refractivity contribution in [3.8, 4) is 0 Å². The second-order valence-corrected chi connectivity index (χ2v) is 5.57. The van der Waals surface area contributed by atoms with Crippen molar-refractivity contribution >= 4 is 29.4 Å². The van der Waals surface area contributed by atoms with Gasteiger partial charge in [-0.2, -0.15) is 0 Å². The maximum absolute atomic E-state index is 11.9. The normalized spacial score (nSPS) is 13.3. The van der Waals surface area contributed by atoms with Crippen molar-refractivity contribution in [3.63, 3.8) is 0 Å². The van der Waals surface area contributed by atoms with E-state index in [2.05, 4.69) is 10.6 Å². The van der Waals surface area contributed by atoms with E-state index in [4.69, 9.17) is 0 Å². The molecule has 0 saturated carbocycles. The van der Waals surface area contributed by atoms with Crippen molar-refractivity contribution in [1.82, 2.24) is 5.32 Å². The lowest BCUT2D eigenvalue weighted by Gasteiger charge is -2.25. The molecule has 2 amide bonds. The number of urea groups is 1. The Morgan fingerprint density at radius 1 is 1.30 bits per heavy atom. The summed E-state index contributed by atoms with van der Waals surface area (Å²) in [6, 6.07) is 6.83. The zero-order valence-electron chi connectivity index (χ0n) is 11.9. The van der Waals surface area contributed by atoms with Crippen LogP contribution in [-0.2, 0) is 4.79 Å². The molecule has 1 rings (SSSR count). The van der Waals surface area contributed by atoms with Crippen molar-refractivity contribution in [2.45, 2.75) is 37.1 Å². The number of carboxylic acids is 1. The van der Waals surface area contributed by atoms with E-state index in [0.717, 1.165) is 4.90 Å².